The van der Waals surface area contributed by atoms with Crippen LogP contribution >= 0.6 is 0 Å². The number of aliphatic imine (C=N–C) groups is 2. The van der Waals surface area contributed by atoms with Crippen LogP contribution in [0.5, 0.6) is 17.2 Å². The molecule has 0 bridgehead atoms. The lowest BCUT2D eigenvalue weighted by Crippen LogP contribution is -2.50. The van der Waals surface area contributed by atoms with Gasteiger partial charge in [0, 0.05) is 24.7 Å². The summed E-state index contributed by atoms with van der Waals surface area (Å²) in [5.74, 6) is 2.83. The van der Waals surface area contributed by atoms with Crippen molar-refractivity contribution in [2.75, 3.05) is 6.54 Å². The second kappa shape index (κ2) is 8.99. The molecule has 32 heavy (non-hydrogen) atoms. The Bertz CT molecular complexity index is 1100. The normalized spacial score (nSPS) is 20.9. The highest BCUT2D eigenvalue weighted by atomic mass is 16.5. The Labute approximate surface area is 188 Å². The van der Waals surface area contributed by atoms with Gasteiger partial charge in [-0.2, -0.15) is 5.10 Å². The second-order valence-electron chi connectivity index (χ2n) is 8.56. The number of hydrogen-bond acceptors (Lipinski definition) is 5. The lowest BCUT2D eigenvalue weighted by Gasteiger charge is -2.39. The summed E-state index contributed by atoms with van der Waals surface area (Å²) >= 11 is 0. The summed E-state index contributed by atoms with van der Waals surface area (Å²) in [5, 5.41) is 4.23. The molecule has 1 aromatic heterocycles. The van der Waals surface area contributed by atoms with Crippen molar-refractivity contribution < 1.29 is 9.47 Å². The Morgan fingerprint density at radius 1 is 0.875 bits per heavy atom. The number of aryl methyl sites for hydroxylation is 1. The fourth-order valence-electron chi connectivity index (χ4n) is 4.68. The maximum Gasteiger partial charge on any atom is 0.166 e. The lowest BCUT2D eigenvalue weighted by atomic mass is 9.77. The summed E-state index contributed by atoms with van der Waals surface area (Å²) in [4.78, 5) is 8.76. The van der Waals surface area contributed by atoms with Crippen molar-refractivity contribution in [3.05, 3.63) is 60.8 Å². The van der Waals surface area contributed by atoms with Crippen LogP contribution in [0.2, 0.25) is 0 Å². The van der Waals surface area contributed by atoms with E-state index >= 15 is 0 Å². The predicted octanol–water partition coefficient (Wildman–Crippen LogP) is 5.69. The average Bonchev–Trinajstić information content (AvgIpc) is 3.28. The van der Waals surface area contributed by atoms with Crippen LogP contribution in [-0.2, 0) is 7.05 Å². The predicted molar refractivity (Wildman–Crippen MR) is 127 cm³/mol. The standard InChI is InChI=1S/C26H28N4O2/c1-30-25(15-16-29-30)20-7-9-22(10-8-20)31-23-11-13-24(14-12-23)32-26(17-27-19-28-18-26)21-5-3-2-4-6-21/h7-17,19,21H,2-6,18H2,1H3. The van der Waals surface area contributed by atoms with Crippen molar-refractivity contribution in [3.8, 4) is 28.5 Å². The van der Waals surface area contributed by atoms with Crippen LogP contribution in [0, 0.1) is 5.92 Å². The molecular weight excluding hydrogens is 400 g/mol. The van der Waals surface area contributed by atoms with Crippen molar-refractivity contribution >= 4 is 12.6 Å². The molecule has 3 aromatic rings. The first-order valence-corrected chi connectivity index (χ1v) is 11.3. The van der Waals surface area contributed by atoms with Gasteiger partial charge in [-0.15, -0.1) is 0 Å². The maximum atomic E-state index is 6.53. The van der Waals surface area contributed by atoms with Gasteiger partial charge in [0.05, 0.1) is 18.5 Å². The first-order valence-electron chi connectivity index (χ1n) is 11.3. The van der Waals surface area contributed by atoms with Gasteiger partial charge in [-0.25, -0.2) is 4.99 Å². The third-order valence-corrected chi connectivity index (χ3v) is 6.41. The van der Waals surface area contributed by atoms with Crippen LogP contribution in [0.4, 0.5) is 0 Å². The van der Waals surface area contributed by atoms with Crippen LogP contribution in [0.3, 0.4) is 0 Å². The van der Waals surface area contributed by atoms with E-state index in [0.29, 0.717) is 12.5 Å². The van der Waals surface area contributed by atoms with Gasteiger partial charge >= 0.3 is 0 Å². The molecule has 6 nitrogen and oxygen atoms in total. The van der Waals surface area contributed by atoms with Crippen LogP contribution < -0.4 is 9.47 Å². The highest BCUT2D eigenvalue weighted by Crippen LogP contribution is 2.37. The topological polar surface area (TPSA) is 61.0 Å². The molecule has 1 aliphatic carbocycles. The third kappa shape index (κ3) is 4.31. The molecule has 0 saturated heterocycles. The number of hydrogen-bond donors (Lipinski definition) is 0. The van der Waals surface area contributed by atoms with Crippen molar-refractivity contribution in [3.63, 3.8) is 0 Å². The lowest BCUT2D eigenvalue weighted by molar-refractivity contribution is 0.0648. The van der Waals surface area contributed by atoms with Crippen LogP contribution in [0.1, 0.15) is 32.1 Å². The van der Waals surface area contributed by atoms with E-state index in [1.165, 1.54) is 19.3 Å². The van der Waals surface area contributed by atoms with Crippen LogP contribution in [0.25, 0.3) is 11.3 Å². The number of benzene rings is 2. The fraction of sp³-hybridized carbons (Fsp3) is 0.346. The van der Waals surface area contributed by atoms with Gasteiger partial charge in [0.1, 0.15) is 23.6 Å². The molecule has 2 aliphatic rings. The van der Waals surface area contributed by atoms with E-state index < -0.39 is 5.60 Å². The van der Waals surface area contributed by atoms with Gasteiger partial charge in [-0.3, -0.25) is 9.67 Å². The van der Waals surface area contributed by atoms with Gasteiger partial charge in [0.2, 0.25) is 0 Å². The molecule has 1 fully saturated rings. The van der Waals surface area contributed by atoms with Crippen molar-refractivity contribution in [2.24, 2.45) is 23.0 Å². The summed E-state index contributed by atoms with van der Waals surface area (Å²) < 4.78 is 14.4. The number of rotatable bonds is 6. The number of aromatic nitrogens is 2. The SMILES string of the molecule is Cn1nccc1-c1ccc(Oc2ccc(OC3(C4CCCCC4)C=NC=NC3)cc2)cc1. The zero-order valence-corrected chi connectivity index (χ0v) is 18.4. The second-order valence-corrected chi connectivity index (χ2v) is 8.56. The minimum absolute atomic E-state index is 0.445. The van der Waals surface area contributed by atoms with E-state index in [0.717, 1.165) is 41.3 Å². The Balaban J connectivity index is 1.27. The molecule has 0 amide bonds. The highest BCUT2D eigenvalue weighted by molar-refractivity contribution is 5.82. The molecule has 6 heteroatoms. The molecule has 0 radical (unpaired) electrons. The Kier molecular flexibility index (Phi) is 5.75. The van der Waals surface area contributed by atoms with Crippen molar-refractivity contribution in [1.82, 2.24) is 9.78 Å². The Morgan fingerprint density at radius 3 is 2.19 bits per heavy atom. The molecular formula is C26H28N4O2. The third-order valence-electron chi connectivity index (χ3n) is 6.41. The summed E-state index contributed by atoms with van der Waals surface area (Å²) in [5.41, 5.74) is 1.73. The Hall–Kier alpha value is -3.41. The minimum Gasteiger partial charge on any atom is -0.479 e. The molecule has 2 heterocycles. The van der Waals surface area contributed by atoms with Crippen LogP contribution in [-0.4, -0.2) is 34.5 Å². The average molecular weight is 429 g/mol. The summed E-state index contributed by atoms with van der Waals surface area (Å²) in [7, 11) is 1.94. The van der Waals surface area contributed by atoms with Gasteiger partial charge in [-0.05, 0) is 67.4 Å². The van der Waals surface area contributed by atoms with Crippen molar-refractivity contribution in [1.29, 1.82) is 0 Å². The molecule has 1 aliphatic heterocycles. The van der Waals surface area contributed by atoms with E-state index in [1.807, 2.05) is 72.5 Å². The molecule has 164 valence electrons. The maximum absolute atomic E-state index is 6.53. The first-order chi connectivity index (χ1) is 15.7. The smallest absolute Gasteiger partial charge is 0.166 e. The molecule has 0 spiro atoms. The van der Waals surface area contributed by atoms with Crippen molar-refractivity contribution in [2.45, 2.75) is 37.7 Å². The van der Waals surface area contributed by atoms with Gasteiger partial charge in [-0.1, -0.05) is 19.3 Å². The first kappa shape index (κ1) is 20.5. The minimum atomic E-state index is -0.445. The van der Waals surface area contributed by atoms with E-state index in [2.05, 4.69) is 15.1 Å². The van der Waals surface area contributed by atoms with E-state index in [-0.39, 0.29) is 0 Å². The highest BCUT2D eigenvalue weighted by Gasteiger charge is 2.41. The van der Waals surface area contributed by atoms with Gasteiger partial charge in [0.15, 0.2) is 5.60 Å². The zero-order valence-electron chi connectivity index (χ0n) is 18.4. The zero-order chi connectivity index (χ0) is 21.8. The summed E-state index contributed by atoms with van der Waals surface area (Å²) in [6, 6.07) is 17.9. The summed E-state index contributed by atoms with van der Waals surface area (Å²) in [6.45, 7) is 0.627. The van der Waals surface area contributed by atoms with E-state index in [1.54, 1.807) is 12.5 Å². The Morgan fingerprint density at radius 2 is 1.56 bits per heavy atom. The molecule has 2 aromatic carbocycles. The largest absolute Gasteiger partial charge is 0.479 e. The number of ether oxygens (including phenoxy) is 2. The molecule has 0 N–H and O–H groups in total. The summed E-state index contributed by atoms with van der Waals surface area (Å²) in [6.07, 6.45) is 11.5. The van der Waals surface area contributed by atoms with Crippen LogP contribution in [0.15, 0.2) is 70.8 Å². The van der Waals surface area contributed by atoms with Gasteiger partial charge in [0.25, 0.3) is 0 Å². The van der Waals surface area contributed by atoms with E-state index in [9.17, 15) is 0 Å². The quantitative estimate of drug-likeness (QED) is 0.507. The monoisotopic (exact) mass is 428 g/mol. The molecule has 1 unspecified atom stereocenters. The molecule has 5 rings (SSSR count). The fourth-order valence-corrected chi connectivity index (χ4v) is 4.68. The van der Waals surface area contributed by atoms with Gasteiger partial charge < -0.3 is 9.47 Å². The number of nitrogens with zero attached hydrogens (tertiary/aromatic N) is 4. The van der Waals surface area contributed by atoms with E-state index in [4.69, 9.17) is 9.47 Å². The molecule has 1 saturated carbocycles. The molecule has 1 atom stereocenters.